The maximum Gasteiger partial charge on any atom is 0.174 e. The minimum atomic E-state index is -0.00206. The van der Waals surface area contributed by atoms with E-state index in [0.29, 0.717) is 0 Å². The van der Waals surface area contributed by atoms with Gasteiger partial charge in [-0.1, -0.05) is 6.07 Å². The van der Waals surface area contributed by atoms with Crippen molar-refractivity contribution in [1.29, 1.82) is 0 Å². The van der Waals surface area contributed by atoms with Crippen molar-refractivity contribution in [2.45, 2.75) is 12.1 Å². The summed E-state index contributed by atoms with van der Waals surface area (Å²) in [6, 6.07) is 18.8. The molecule has 2 atom stereocenters. The number of benzene rings is 1. The highest BCUT2D eigenvalue weighted by Gasteiger charge is 2.41. The van der Waals surface area contributed by atoms with Crippen molar-refractivity contribution in [3.8, 4) is 0 Å². The zero-order valence-electron chi connectivity index (χ0n) is 15.0. The fourth-order valence-corrected chi connectivity index (χ4v) is 5.22. The van der Waals surface area contributed by atoms with Gasteiger partial charge in [-0.25, -0.2) is 0 Å². The summed E-state index contributed by atoms with van der Waals surface area (Å²) in [5, 5.41) is 4.21. The SMILES string of the molecule is CN(C)c1ccc(N2C(=S)NC(c3ccccn3)C2c2ccc(Br)s2)cc1. The van der Waals surface area contributed by atoms with Crippen LogP contribution in [0.1, 0.15) is 22.7 Å². The zero-order chi connectivity index (χ0) is 19.0. The van der Waals surface area contributed by atoms with Crippen LogP contribution in [0.3, 0.4) is 0 Å². The maximum absolute atomic E-state index is 5.74. The number of nitrogens with one attached hydrogen (secondary N) is 1. The van der Waals surface area contributed by atoms with E-state index >= 15 is 0 Å². The quantitative estimate of drug-likeness (QED) is 0.546. The van der Waals surface area contributed by atoms with Gasteiger partial charge in [0.1, 0.15) is 0 Å². The molecule has 1 aliphatic heterocycles. The number of aromatic nitrogens is 1. The second-order valence-corrected chi connectivity index (χ2v) is 9.43. The molecule has 7 heteroatoms. The van der Waals surface area contributed by atoms with Crippen molar-refractivity contribution in [3.63, 3.8) is 0 Å². The van der Waals surface area contributed by atoms with E-state index in [9.17, 15) is 0 Å². The van der Waals surface area contributed by atoms with Crippen LogP contribution >= 0.6 is 39.5 Å². The van der Waals surface area contributed by atoms with Crippen LogP contribution in [0, 0.1) is 0 Å². The molecule has 1 aliphatic rings. The van der Waals surface area contributed by atoms with Crippen LogP contribution in [0.15, 0.2) is 64.6 Å². The van der Waals surface area contributed by atoms with E-state index in [1.54, 1.807) is 11.3 Å². The molecule has 0 bridgehead atoms. The van der Waals surface area contributed by atoms with E-state index < -0.39 is 0 Å². The van der Waals surface area contributed by atoms with Gasteiger partial charge in [0.15, 0.2) is 5.11 Å². The highest BCUT2D eigenvalue weighted by atomic mass is 79.9. The third-order valence-corrected chi connectivity index (χ3v) is 6.64. The average Bonchev–Trinajstić information content (AvgIpc) is 3.25. The van der Waals surface area contributed by atoms with Crippen LogP contribution in [0.5, 0.6) is 0 Å². The van der Waals surface area contributed by atoms with E-state index in [-0.39, 0.29) is 12.1 Å². The highest BCUT2D eigenvalue weighted by molar-refractivity contribution is 9.11. The van der Waals surface area contributed by atoms with Crippen molar-refractivity contribution in [1.82, 2.24) is 10.3 Å². The second kappa shape index (κ2) is 7.58. The Hall–Kier alpha value is -1.96. The molecule has 27 heavy (non-hydrogen) atoms. The first-order chi connectivity index (χ1) is 13.0. The molecule has 0 radical (unpaired) electrons. The van der Waals surface area contributed by atoms with Gasteiger partial charge in [0.25, 0.3) is 0 Å². The molecule has 3 heterocycles. The van der Waals surface area contributed by atoms with Gasteiger partial charge in [-0.15, -0.1) is 11.3 Å². The molecule has 0 saturated carbocycles. The molecule has 0 amide bonds. The number of thiophene rings is 1. The number of hydrogen-bond acceptors (Lipinski definition) is 4. The molecule has 3 aromatic rings. The number of halogens is 1. The number of rotatable bonds is 4. The second-order valence-electron chi connectivity index (χ2n) is 6.55. The topological polar surface area (TPSA) is 31.4 Å². The van der Waals surface area contributed by atoms with Crippen molar-refractivity contribution in [3.05, 3.63) is 75.2 Å². The zero-order valence-corrected chi connectivity index (χ0v) is 18.2. The summed E-state index contributed by atoms with van der Waals surface area (Å²) >= 11 is 11.1. The van der Waals surface area contributed by atoms with Crippen LogP contribution in [-0.2, 0) is 0 Å². The van der Waals surface area contributed by atoms with E-state index in [1.807, 2.05) is 32.4 Å². The molecule has 1 saturated heterocycles. The lowest BCUT2D eigenvalue weighted by atomic mass is 10.0. The lowest BCUT2D eigenvalue weighted by Crippen LogP contribution is -2.29. The van der Waals surface area contributed by atoms with Crippen LogP contribution in [-0.4, -0.2) is 24.2 Å². The van der Waals surface area contributed by atoms with Crippen LogP contribution in [0.25, 0.3) is 0 Å². The lowest BCUT2D eigenvalue weighted by Gasteiger charge is -2.27. The maximum atomic E-state index is 5.74. The standard InChI is InChI=1S/C20H19BrN4S2/c1-24(2)13-6-8-14(9-7-13)25-19(16-10-11-17(21)27-16)18(23-20(25)26)15-5-3-4-12-22-15/h3-12,18-19H,1-2H3,(H,23,26). The number of nitrogens with zero attached hydrogens (tertiary/aromatic N) is 3. The fraction of sp³-hybridized carbons (Fsp3) is 0.200. The highest BCUT2D eigenvalue weighted by Crippen LogP contribution is 2.44. The monoisotopic (exact) mass is 458 g/mol. The Kier molecular flexibility index (Phi) is 5.16. The molecule has 2 aromatic heterocycles. The minimum absolute atomic E-state index is 0.00206. The van der Waals surface area contributed by atoms with E-state index in [1.165, 1.54) is 4.88 Å². The summed E-state index contributed by atoms with van der Waals surface area (Å²) < 4.78 is 1.11. The molecule has 1 aromatic carbocycles. The van der Waals surface area contributed by atoms with Crippen molar-refractivity contribution in [2.24, 2.45) is 0 Å². The molecular weight excluding hydrogens is 440 g/mol. The Balaban J connectivity index is 1.78. The largest absolute Gasteiger partial charge is 0.378 e. The van der Waals surface area contributed by atoms with E-state index in [2.05, 4.69) is 78.5 Å². The number of pyridine rings is 1. The Bertz CT molecular complexity index is 940. The van der Waals surface area contributed by atoms with Gasteiger partial charge >= 0.3 is 0 Å². The first-order valence-corrected chi connectivity index (χ1v) is 10.6. The number of hydrogen-bond donors (Lipinski definition) is 1. The summed E-state index contributed by atoms with van der Waals surface area (Å²) in [6.45, 7) is 0. The molecule has 4 rings (SSSR count). The van der Waals surface area contributed by atoms with Gasteiger partial charge in [-0.3, -0.25) is 4.98 Å². The summed E-state index contributed by atoms with van der Waals surface area (Å²) in [4.78, 5) is 10.1. The first kappa shape index (κ1) is 18.4. The number of anilines is 2. The van der Waals surface area contributed by atoms with Gasteiger partial charge in [0.05, 0.1) is 21.6 Å². The molecule has 1 N–H and O–H groups in total. The summed E-state index contributed by atoms with van der Waals surface area (Å²) in [7, 11) is 4.08. The number of thiocarbonyl (C=S) groups is 1. The van der Waals surface area contributed by atoms with Crippen LogP contribution in [0.4, 0.5) is 11.4 Å². The summed E-state index contributed by atoms with van der Waals surface area (Å²) in [5.41, 5.74) is 3.22. The third-order valence-electron chi connectivity index (χ3n) is 4.63. The predicted octanol–water partition coefficient (Wildman–Crippen LogP) is 5.15. The fourth-order valence-electron chi connectivity index (χ4n) is 3.32. The molecular formula is C20H19BrN4S2. The Morgan fingerprint density at radius 1 is 1.11 bits per heavy atom. The molecule has 138 valence electrons. The van der Waals surface area contributed by atoms with Gasteiger partial charge in [0.2, 0.25) is 0 Å². The Labute approximate surface area is 177 Å². The lowest BCUT2D eigenvalue weighted by molar-refractivity contribution is 0.575. The molecule has 0 spiro atoms. The van der Waals surface area contributed by atoms with Gasteiger partial charge in [0, 0.05) is 36.5 Å². The molecule has 1 fully saturated rings. The normalized spacial score (nSPS) is 19.2. The first-order valence-electron chi connectivity index (χ1n) is 8.58. The Morgan fingerprint density at radius 3 is 2.48 bits per heavy atom. The van der Waals surface area contributed by atoms with Crippen molar-refractivity contribution >= 4 is 56.0 Å². The van der Waals surface area contributed by atoms with Crippen molar-refractivity contribution < 1.29 is 0 Å². The average molecular weight is 459 g/mol. The van der Waals surface area contributed by atoms with Gasteiger partial charge in [-0.05, 0) is 76.7 Å². The van der Waals surface area contributed by atoms with Gasteiger partial charge in [-0.2, -0.15) is 0 Å². The molecule has 0 aliphatic carbocycles. The van der Waals surface area contributed by atoms with E-state index in [0.717, 1.165) is 26.0 Å². The van der Waals surface area contributed by atoms with Crippen LogP contribution < -0.4 is 15.1 Å². The van der Waals surface area contributed by atoms with Gasteiger partial charge < -0.3 is 15.1 Å². The molecule has 4 nitrogen and oxygen atoms in total. The predicted molar refractivity (Wildman–Crippen MR) is 121 cm³/mol. The summed E-state index contributed by atoms with van der Waals surface area (Å²) in [5.74, 6) is 0. The summed E-state index contributed by atoms with van der Waals surface area (Å²) in [6.07, 6.45) is 1.83. The Morgan fingerprint density at radius 2 is 1.89 bits per heavy atom. The minimum Gasteiger partial charge on any atom is -0.378 e. The smallest absolute Gasteiger partial charge is 0.174 e. The third kappa shape index (κ3) is 3.59. The van der Waals surface area contributed by atoms with Crippen molar-refractivity contribution in [2.75, 3.05) is 23.9 Å². The van der Waals surface area contributed by atoms with Crippen LogP contribution in [0.2, 0.25) is 0 Å². The van der Waals surface area contributed by atoms with E-state index in [4.69, 9.17) is 12.2 Å². The molecule has 2 unspecified atom stereocenters.